The number of benzene rings is 1. The predicted octanol–water partition coefficient (Wildman–Crippen LogP) is 0.726. The normalized spacial score (nSPS) is 18.3. The van der Waals surface area contributed by atoms with Crippen LogP contribution in [0.25, 0.3) is 0 Å². The number of carbonyl (C=O) groups is 3. The van der Waals surface area contributed by atoms with Gasteiger partial charge in [0.1, 0.15) is 12.3 Å². The number of likely N-dealkylation sites (N-methyl/N-ethyl adjacent to an activating group) is 1. The highest BCUT2D eigenvalue weighted by molar-refractivity contribution is 5.90. The summed E-state index contributed by atoms with van der Waals surface area (Å²) in [6, 6.07) is 4.24. The van der Waals surface area contributed by atoms with Crippen molar-refractivity contribution < 1.29 is 19.5 Å². The summed E-state index contributed by atoms with van der Waals surface area (Å²) in [6.07, 6.45) is 0.458. The summed E-state index contributed by atoms with van der Waals surface area (Å²) in [6.45, 7) is 0.346. The molecule has 1 heterocycles. The number of nitrogens with zero attached hydrogens (tertiary/aromatic N) is 1. The number of carboxylic acid groups (broad SMARTS) is 1. The molecule has 0 saturated heterocycles. The molecule has 1 aliphatic heterocycles. The minimum Gasteiger partial charge on any atom is -0.481 e. The Labute approximate surface area is 110 Å². The molecular formula is C13H14N2O4. The van der Waals surface area contributed by atoms with Gasteiger partial charge in [-0.1, -0.05) is 0 Å². The van der Waals surface area contributed by atoms with E-state index in [1.54, 1.807) is 25.2 Å². The van der Waals surface area contributed by atoms with Gasteiger partial charge in [0.15, 0.2) is 0 Å². The molecule has 1 aliphatic rings. The average molecular weight is 262 g/mol. The van der Waals surface area contributed by atoms with Gasteiger partial charge in [-0.05, 0) is 23.8 Å². The van der Waals surface area contributed by atoms with Gasteiger partial charge in [0.05, 0.1) is 6.42 Å². The highest BCUT2D eigenvalue weighted by Crippen LogP contribution is 2.24. The number of carbonyl (C=O) groups excluding carboxylic acids is 2. The molecule has 0 radical (unpaired) electrons. The predicted molar refractivity (Wildman–Crippen MR) is 68.0 cm³/mol. The molecule has 6 heteroatoms. The Morgan fingerprint density at radius 1 is 1.58 bits per heavy atom. The maximum absolute atomic E-state index is 12.0. The lowest BCUT2D eigenvalue weighted by molar-refractivity contribution is -0.141. The molecule has 1 unspecified atom stereocenters. The van der Waals surface area contributed by atoms with E-state index in [0.29, 0.717) is 17.8 Å². The molecule has 6 nitrogen and oxygen atoms in total. The van der Waals surface area contributed by atoms with Gasteiger partial charge < -0.3 is 15.3 Å². The maximum Gasteiger partial charge on any atom is 0.305 e. The van der Waals surface area contributed by atoms with E-state index in [2.05, 4.69) is 5.32 Å². The number of rotatable bonds is 3. The second-order valence-electron chi connectivity index (χ2n) is 4.52. The molecule has 0 fully saturated rings. The standard InChI is InChI=1S/C13H14N2O4/c1-15-6-9-4-8(7-16)2-3-10(9)14-11(13(15)19)5-12(17)18/h2-4,7,11,14H,5-6H2,1H3,(H,17,18). The van der Waals surface area contributed by atoms with E-state index in [-0.39, 0.29) is 12.3 Å². The number of fused-ring (bicyclic) bond motifs is 1. The number of hydrogen-bond acceptors (Lipinski definition) is 4. The van der Waals surface area contributed by atoms with Crippen molar-refractivity contribution in [3.8, 4) is 0 Å². The number of nitrogens with one attached hydrogen (secondary N) is 1. The molecule has 2 N–H and O–H groups in total. The van der Waals surface area contributed by atoms with E-state index >= 15 is 0 Å². The van der Waals surface area contributed by atoms with Gasteiger partial charge in [0, 0.05) is 24.8 Å². The summed E-state index contributed by atoms with van der Waals surface area (Å²) in [5, 5.41) is 11.8. The lowest BCUT2D eigenvalue weighted by Crippen LogP contribution is -2.39. The maximum atomic E-state index is 12.0. The topological polar surface area (TPSA) is 86.7 Å². The van der Waals surface area contributed by atoms with Gasteiger partial charge in [-0.25, -0.2) is 0 Å². The second-order valence-corrected chi connectivity index (χ2v) is 4.52. The lowest BCUT2D eigenvalue weighted by Gasteiger charge is -2.19. The summed E-state index contributed by atoms with van der Waals surface area (Å²) in [4.78, 5) is 35.0. The highest BCUT2D eigenvalue weighted by Gasteiger charge is 2.28. The third kappa shape index (κ3) is 2.73. The zero-order valence-corrected chi connectivity index (χ0v) is 10.4. The van der Waals surface area contributed by atoms with Gasteiger partial charge in [-0.2, -0.15) is 0 Å². The van der Waals surface area contributed by atoms with E-state index in [4.69, 9.17) is 5.11 Å². The van der Waals surface area contributed by atoms with Crippen LogP contribution >= 0.6 is 0 Å². The highest BCUT2D eigenvalue weighted by atomic mass is 16.4. The van der Waals surface area contributed by atoms with Gasteiger partial charge in [0.2, 0.25) is 5.91 Å². The monoisotopic (exact) mass is 262 g/mol. The second kappa shape index (κ2) is 5.09. The largest absolute Gasteiger partial charge is 0.481 e. The van der Waals surface area contributed by atoms with Crippen LogP contribution in [0.15, 0.2) is 18.2 Å². The van der Waals surface area contributed by atoms with Crippen LogP contribution in [0, 0.1) is 0 Å². The first-order chi connectivity index (χ1) is 9.01. The van der Waals surface area contributed by atoms with Crippen LogP contribution in [0.3, 0.4) is 0 Å². The Bertz CT molecular complexity index is 541. The van der Waals surface area contributed by atoms with Crippen LogP contribution < -0.4 is 5.32 Å². The van der Waals surface area contributed by atoms with Crippen LogP contribution in [0.2, 0.25) is 0 Å². The Hall–Kier alpha value is -2.37. The van der Waals surface area contributed by atoms with Gasteiger partial charge in [-0.15, -0.1) is 0 Å². The van der Waals surface area contributed by atoms with E-state index in [1.807, 2.05) is 0 Å². The fraction of sp³-hybridized carbons (Fsp3) is 0.308. The van der Waals surface area contributed by atoms with E-state index in [1.165, 1.54) is 4.90 Å². The molecule has 1 atom stereocenters. The van der Waals surface area contributed by atoms with E-state index < -0.39 is 12.0 Å². The summed E-state index contributed by atoms with van der Waals surface area (Å²) in [5.74, 6) is -1.31. The molecule has 19 heavy (non-hydrogen) atoms. The zero-order chi connectivity index (χ0) is 14.0. The van der Waals surface area contributed by atoms with Crippen molar-refractivity contribution in [1.82, 2.24) is 4.90 Å². The number of carboxylic acids is 1. The molecule has 2 rings (SSSR count). The first-order valence-electron chi connectivity index (χ1n) is 5.82. The number of anilines is 1. The van der Waals surface area contributed by atoms with Crippen molar-refractivity contribution in [3.05, 3.63) is 29.3 Å². The van der Waals surface area contributed by atoms with E-state index in [9.17, 15) is 14.4 Å². The minimum atomic E-state index is -1.03. The van der Waals surface area contributed by atoms with Crippen LogP contribution in [0.5, 0.6) is 0 Å². The first kappa shape index (κ1) is 13.1. The summed E-state index contributed by atoms with van der Waals surface area (Å²) >= 11 is 0. The van der Waals surface area contributed by atoms with Crippen molar-refractivity contribution in [2.24, 2.45) is 0 Å². The fourth-order valence-corrected chi connectivity index (χ4v) is 2.12. The van der Waals surface area contributed by atoms with Crippen LogP contribution in [-0.2, 0) is 16.1 Å². The molecule has 0 bridgehead atoms. The molecule has 0 spiro atoms. The number of hydrogen-bond donors (Lipinski definition) is 2. The van der Waals surface area contributed by atoms with Crippen molar-refractivity contribution in [1.29, 1.82) is 0 Å². The molecule has 1 amide bonds. The third-order valence-electron chi connectivity index (χ3n) is 3.06. The summed E-state index contributed by atoms with van der Waals surface area (Å²) in [5.41, 5.74) is 2.01. The minimum absolute atomic E-state index is 0.272. The van der Waals surface area contributed by atoms with Crippen LogP contribution in [0.1, 0.15) is 22.3 Å². The SMILES string of the molecule is CN1Cc2cc(C=O)ccc2NC(CC(=O)O)C1=O. The first-order valence-corrected chi connectivity index (χ1v) is 5.82. The summed E-state index contributed by atoms with van der Waals surface area (Å²) < 4.78 is 0. The Balaban J connectivity index is 2.36. The summed E-state index contributed by atoms with van der Waals surface area (Å²) in [7, 11) is 1.61. The Morgan fingerprint density at radius 2 is 2.32 bits per heavy atom. The Kier molecular flexibility index (Phi) is 3.50. The van der Waals surface area contributed by atoms with Crippen LogP contribution in [0.4, 0.5) is 5.69 Å². The van der Waals surface area contributed by atoms with Gasteiger partial charge >= 0.3 is 5.97 Å². The molecule has 0 aliphatic carbocycles. The zero-order valence-electron chi connectivity index (χ0n) is 10.4. The van der Waals surface area contributed by atoms with Crippen molar-refractivity contribution >= 4 is 23.9 Å². The number of amides is 1. The fourth-order valence-electron chi connectivity index (χ4n) is 2.12. The molecule has 1 aromatic rings. The molecule has 1 aromatic carbocycles. The quantitative estimate of drug-likeness (QED) is 0.784. The Morgan fingerprint density at radius 3 is 2.95 bits per heavy atom. The van der Waals surface area contributed by atoms with Gasteiger partial charge in [-0.3, -0.25) is 14.4 Å². The van der Waals surface area contributed by atoms with Crippen molar-refractivity contribution in [3.63, 3.8) is 0 Å². The number of aldehydes is 1. The van der Waals surface area contributed by atoms with Crippen molar-refractivity contribution in [2.45, 2.75) is 19.0 Å². The molecular weight excluding hydrogens is 248 g/mol. The smallest absolute Gasteiger partial charge is 0.305 e. The lowest BCUT2D eigenvalue weighted by atomic mass is 10.1. The van der Waals surface area contributed by atoms with Crippen LogP contribution in [-0.4, -0.2) is 41.3 Å². The van der Waals surface area contributed by atoms with Crippen molar-refractivity contribution in [2.75, 3.05) is 12.4 Å². The van der Waals surface area contributed by atoms with E-state index in [0.717, 1.165) is 11.8 Å². The number of aliphatic carboxylic acids is 1. The van der Waals surface area contributed by atoms with Gasteiger partial charge in [0.25, 0.3) is 0 Å². The molecule has 0 saturated carbocycles. The molecule has 0 aromatic heterocycles. The molecule has 100 valence electrons. The average Bonchev–Trinajstić information content (AvgIpc) is 2.48. The third-order valence-corrected chi connectivity index (χ3v) is 3.06.